The van der Waals surface area contributed by atoms with Gasteiger partial charge in [-0.25, -0.2) is 15.0 Å². The number of rotatable bonds is 5. The summed E-state index contributed by atoms with van der Waals surface area (Å²) in [6.07, 6.45) is 8.49. The Balaban J connectivity index is 1.03. The maximum atomic E-state index is 6.26. The highest BCUT2D eigenvalue weighted by molar-refractivity contribution is 6.13. The van der Waals surface area contributed by atoms with Gasteiger partial charge in [-0.15, -0.1) is 0 Å². The molecule has 1 aliphatic carbocycles. The number of fused-ring (bicyclic) bond motifs is 7. The number of ether oxygens (including phenoxy) is 1. The molecule has 9 aromatic rings. The standard InChI is InChI=1S/C49H32N4O/c1-2-10-31(11-3-1)32-18-20-33(21-19-32)47-50-48(52-49(51-47)37-24-27-46-42(29-37)40-15-7-9-17-45(40)54-46)34-22-25-38(26-23-34)53-43-16-8-6-14-39(43)41-28-35-12-4-5-13-36(35)30-44(41)53/h1-30,40,45H. The molecular weight excluding hydrogens is 661 g/mol. The predicted molar refractivity (Wildman–Crippen MR) is 219 cm³/mol. The zero-order valence-electron chi connectivity index (χ0n) is 29.2. The first kappa shape index (κ1) is 30.5. The van der Waals surface area contributed by atoms with Crippen LogP contribution in [0.5, 0.6) is 5.75 Å². The molecule has 0 spiro atoms. The van der Waals surface area contributed by atoms with E-state index in [1.807, 2.05) is 12.1 Å². The van der Waals surface area contributed by atoms with Crippen LogP contribution in [0.1, 0.15) is 11.5 Å². The highest BCUT2D eigenvalue weighted by atomic mass is 16.5. The van der Waals surface area contributed by atoms with Crippen molar-refractivity contribution < 1.29 is 4.74 Å². The van der Waals surface area contributed by atoms with E-state index in [9.17, 15) is 0 Å². The van der Waals surface area contributed by atoms with Gasteiger partial charge in [0.15, 0.2) is 17.5 Å². The van der Waals surface area contributed by atoms with Crippen LogP contribution in [0.3, 0.4) is 0 Å². The van der Waals surface area contributed by atoms with E-state index in [4.69, 9.17) is 19.7 Å². The van der Waals surface area contributed by atoms with E-state index in [-0.39, 0.29) is 12.0 Å². The van der Waals surface area contributed by atoms with Gasteiger partial charge in [0.2, 0.25) is 0 Å². The van der Waals surface area contributed by atoms with Crippen LogP contribution in [0.2, 0.25) is 0 Å². The Hall–Kier alpha value is -7.11. The molecule has 0 radical (unpaired) electrons. The van der Waals surface area contributed by atoms with Gasteiger partial charge in [-0.2, -0.15) is 0 Å². The molecule has 11 rings (SSSR count). The fourth-order valence-corrected chi connectivity index (χ4v) is 8.08. The molecular formula is C49H32N4O. The summed E-state index contributed by atoms with van der Waals surface area (Å²) in [5.41, 5.74) is 9.67. The molecule has 5 heteroatoms. The van der Waals surface area contributed by atoms with Crippen LogP contribution >= 0.6 is 0 Å². The Morgan fingerprint density at radius 1 is 0.444 bits per heavy atom. The Labute approximate surface area is 312 Å². The second kappa shape index (κ2) is 12.2. The van der Waals surface area contributed by atoms with E-state index in [1.165, 1.54) is 38.1 Å². The van der Waals surface area contributed by atoms with Crippen molar-refractivity contribution in [2.24, 2.45) is 0 Å². The van der Waals surface area contributed by atoms with Crippen molar-refractivity contribution >= 4 is 32.6 Å². The van der Waals surface area contributed by atoms with Gasteiger partial charge >= 0.3 is 0 Å². The van der Waals surface area contributed by atoms with Crippen molar-refractivity contribution in [3.63, 3.8) is 0 Å². The molecule has 7 aromatic carbocycles. The van der Waals surface area contributed by atoms with Crippen molar-refractivity contribution in [2.75, 3.05) is 0 Å². The summed E-state index contributed by atoms with van der Waals surface area (Å²) >= 11 is 0. The zero-order chi connectivity index (χ0) is 35.6. The third-order valence-corrected chi connectivity index (χ3v) is 10.8. The maximum Gasteiger partial charge on any atom is 0.164 e. The van der Waals surface area contributed by atoms with E-state index in [0.29, 0.717) is 17.5 Å². The van der Waals surface area contributed by atoms with Gasteiger partial charge in [0, 0.05) is 44.6 Å². The lowest BCUT2D eigenvalue weighted by atomic mass is 9.91. The summed E-state index contributed by atoms with van der Waals surface area (Å²) in [5, 5.41) is 4.93. The number of hydrogen-bond donors (Lipinski definition) is 0. The summed E-state index contributed by atoms with van der Waals surface area (Å²) in [4.78, 5) is 15.3. The number of hydrogen-bond acceptors (Lipinski definition) is 4. The lowest BCUT2D eigenvalue weighted by molar-refractivity contribution is 0.269. The summed E-state index contributed by atoms with van der Waals surface area (Å²) in [6, 6.07) is 55.6. The lowest BCUT2D eigenvalue weighted by Crippen LogP contribution is -2.15. The average Bonchev–Trinajstić information content (AvgIpc) is 3.78. The fourth-order valence-electron chi connectivity index (χ4n) is 8.08. The van der Waals surface area contributed by atoms with Crippen LogP contribution in [0.15, 0.2) is 182 Å². The summed E-state index contributed by atoms with van der Waals surface area (Å²) < 4.78 is 8.61. The SMILES string of the molecule is C1=CC2Oc3ccc(-c4nc(-c5ccc(-c6ccccc6)cc5)nc(-c5ccc(-n6c7ccccc7c7cc8ccccc8cc76)cc5)n4)cc3C2C=C1. The molecule has 2 aliphatic rings. The third-order valence-electron chi connectivity index (χ3n) is 10.8. The molecule has 0 N–H and O–H groups in total. The van der Waals surface area contributed by atoms with Crippen LogP contribution in [-0.4, -0.2) is 25.6 Å². The van der Waals surface area contributed by atoms with Crippen LogP contribution in [0.25, 0.3) is 83.6 Å². The van der Waals surface area contributed by atoms with E-state index < -0.39 is 0 Å². The maximum absolute atomic E-state index is 6.26. The van der Waals surface area contributed by atoms with Gasteiger partial charge in [-0.05, 0) is 88.6 Å². The molecule has 0 bridgehead atoms. The summed E-state index contributed by atoms with van der Waals surface area (Å²) in [7, 11) is 0. The first-order chi connectivity index (χ1) is 26.7. The van der Waals surface area contributed by atoms with Gasteiger partial charge in [0.05, 0.1) is 11.0 Å². The molecule has 3 heterocycles. The van der Waals surface area contributed by atoms with Crippen molar-refractivity contribution in [1.82, 2.24) is 19.5 Å². The van der Waals surface area contributed by atoms with E-state index in [2.05, 4.69) is 174 Å². The summed E-state index contributed by atoms with van der Waals surface area (Å²) in [5.74, 6) is 2.95. The Bertz CT molecular complexity index is 2960. The minimum absolute atomic E-state index is 0.0135. The van der Waals surface area contributed by atoms with Crippen molar-refractivity contribution in [1.29, 1.82) is 0 Å². The topological polar surface area (TPSA) is 52.8 Å². The van der Waals surface area contributed by atoms with Crippen molar-refractivity contribution in [3.05, 3.63) is 188 Å². The Kier molecular flexibility index (Phi) is 6.92. The molecule has 0 saturated carbocycles. The number of allylic oxidation sites excluding steroid dienone is 2. The van der Waals surface area contributed by atoms with Crippen molar-refractivity contribution in [2.45, 2.75) is 12.0 Å². The van der Waals surface area contributed by atoms with Gasteiger partial charge in [0.25, 0.3) is 0 Å². The van der Waals surface area contributed by atoms with Gasteiger partial charge in [0.1, 0.15) is 11.9 Å². The average molecular weight is 693 g/mol. The molecule has 0 fully saturated rings. The molecule has 0 saturated heterocycles. The minimum Gasteiger partial charge on any atom is -0.485 e. The molecule has 5 nitrogen and oxygen atoms in total. The molecule has 254 valence electrons. The van der Waals surface area contributed by atoms with Gasteiger partial charge < -0.3 is 9.30 Å². The molecule has 0 amide bonds. The first-order valence-corrected chi connectivity index (χ1v) is 18.3. The van der Waals surface area contributed by atoms with E-state index in [0.717, 1.165) is 39.3 Å². The van der Waals surface area contributed by atoms with E-state index >= 15 is 0 Å². The van der Waals surface area contributed by atoms with Crippen LogP contribution in [-0.2, 0) is 0 Å². The van der Waals surface area contributed by atoms with Crippen LogP contribution < -0.4 is 4.74 Å². The van der Waals surface area contributed by atoms with Crippen molar-refractivity contribution in [3.8, 4) is 56.7 Å². The number of para-hydroxylation sites is 1. The van der Waals surface area contributed by atoms with E-state index in [1.54, 1.807) is 0 Å². The zero-order valence-corrected chi connectivity index (χ0v) is 29.2. The molecule has 54 heavy (non-hydrogen) atoms. The third kappa shape index (κ3) is 5.05. The first-order valence-electron chi connectivity index (χ1n) is 18.3. The highest BCUT2D eigenvalue weighted by Gasteiger charge is 2.32. The van der Waals surface area contributed by atoms with Gasteiger partial charge in [-0.1, -0.05) is 115 Å². The molecule has 2 aromatic heterocycles. The highest BCUT2D eigenvalue weighted by Crippen LogP contribution is 2.43. The van der Waals surface area contributed by atoms with Crippen LogP contribution in [0, 0.1) is 0 Å². The largest absolute Gasteiger partial charge is 0.485 e. The normalized spacial score (nSPS) is 15.8. The number of nitrogens with zero attached hydrogens (tertiary/aromatic N) is 4. The summed E-state index contributed by atoms with van der Waals surface area (Å²) in [6.45, 7) is 0. The monoisotopic (exact) mass is 692 g/mol. The second-order valence-corrected chi connectivity index (χ2v) is 14.0. The molecule has 2 atom stereocenters. The minimum atomic E-state index is 0.0135. The molecule has 1 aliphatic heterocycles. The Morgan fingerprint density at radius 3 is 1.81 bits per heavy atom. The lowest BCUT2D eigenvalue weighted by Gasteiger charge is -2.14. The van der Waals surface area contributed by atoms with Gasteiger partial charge in [-0.3, -0.25) is 0 Å². The quantitative estimate of drug-likeness (QED) is 0.180. The fraction of sp³-hybridized carbons (Fsp3) is 0.0408. The number of aromatic nitrogens is 4. The molecule has 2 unspecified atom stereocenters. The predicted octanol–water partition coefficient (Wildman–Crippen LogP) is 11.8. The second-order valence-electron chi connectivity index (χ2n) is 14.0. The Morgan fingerprint density at radius 2 is 1.04 bits per heavy atom. The smallest absolute Gasteiger partial charge is 0.164 e. The number of benzene rings is 7. The van der Waals surface area contributed by atoms with Crippen LogP contribution in [0.4, 0.5) is 0 Å².